The summed E-state index contributed by atoms with van der Waals surface area (Å²) >= 11 is 5.93. The summed E-state index contributed by atoms with van der Waals surface area (Å²) in [5, 5.41) is 9.42. The molecule has 4 saturated heterocycles. The molecule has 4 fully saturated rings. The molecule has 0 spiro atoms. The van der Waals surface area contributed by atoms with Crippen molar-refractivity contribution >= 4 is 48.2 Å². The van der Waals surface area contributed by atoms with Crippen molar-refractivity contribution in [3.63, 3.8) is 0 Å². The van der Waals surface area contributed by atoms with Gasteiger partial charge in [-0.05, 0) is 65.1 Å². The smallest absolute Gasteiger partial charge is 0.453 e. The monoisotopic (exact) mass is 829 g/mol. The zero-order valence-electron chi connectivity index (χ0n) is 30.9. The minimum Gasteiger partial charge on any atom is -0.508 e. The summed E-state index contributed by atoms with van der Waals surface area (Å²) in [4.78, 5) is 32.6. The number of halogens is 6. The van der Waals surface area contributed by atoms with Crippen LogP contribution in [-0.4, -0.2) is 112 Å². The molecule has 0 saturated carbocycles. The Kier molecular flexibility index (Phi) is 11.3. The van der Waals surface area contributed by atoms with Crippen LogP contribution in [0.5, 0.6) is 11.8 Å². The van der Waals surface area contributed by atoms with Gasteiger partial charge in [0.25, 0.3) is 0 Å². The van der Waals surface area contributed by atoms with Crippen molar-refractivity contribution in [1.29, 1.82) is 0 Å². The fourth-order valence-electron chi connectivity index (χ4n) is 8.58. The maximum absolute atomic E-state index is 16.7. The molecule has 1 N–H and O–H groups in total. The molecule has 0 radical (unpaired) electrons. The molecule has 3 unspecified atom stereocenters. The second-order valence-corrected chi connectivity index (χ2v) is 16.7. The zero-order chi connectivity index (χ0) is 40.2. The molecule has 2 aromatic heterocycles. The Hall–Kier alpha value is -3.70. The number of nitrogens with zero attached hydrogens (tertiary/aromatic N) is 7. The Balaban J connectivity index is 1.24. The number of aromatic hydroxyl groups is 1. The Labute approximate surface area is 324 Å². The van der Waals surface area contributed by atoms with Crippen LogP contribution in [0.1, 0.15) is 58.4 Å². The van der Waals surface area contributed by atoms with Crippen LogP contribution in [0.2, 0.25) is 5.02 Å². The molecule has 3 aromatic rings. The Bertz CT molecular complexity index is 2060. The van der Waals surface area contributed by atoms with Gasteiger partial charge < -0.3 is 19.6 Å². The molecular weight excluding hydrogens is 788 g/mol. The normalized spacial score (nSPS) is 24.8. The highest BCUT2D eigenvalue weighted by molar-refractivity contribution is 7.52. The predicted molar refractivity (Wildman–Crippen MR) is 197 cm³/mol. The van der Waals surface area contributed by atoms with Crippen molar-refractivity contribution in [2.45, 2.75) is 82.8 Å². The lowest BCUT2D eigenvalue weighted by Crippen LogP contribution is -2.57. The number of rotatable bonds is 12. The minimum atomic E-state index is -5.03. The van der Waals surface area contributed by atoms with Gasteiger partial charge in [0.1, 0.15) is 35.6 Å². The number of piperazine rings is 1. The number of phenols is 1. The lowest BCUT2D eigenvalue weighted by molar-refractivity contribution is -0.137. The number of hydrogen-bond acceptors (Lipinski definition) is 11. The van der Waals surface area contributed by atoms with E-state index in [2.05, 4.69) is 19.7 Å². The number of phenolic OH excluding ortho intramolecular Hbond substituents is 1. The molecule has 5 atom stereocenters. The van der Waals surface area contributed by atoms with Gasteiger partial charge in [-0.15, -0.1) is 0 Å². The summed E-state index contributed by atoms with van der Waals surface area (Å²) in [7, 11) is -3.78. The van der Waals surface area contributed by atoms with Gasteiger partial charge in [0.05, 0.1) is 40.6 Å². The molecule has 4 aliphatic heterocycles. The maximum atomic E-state index is 16.7. The first-order valence-corrected chi connectivity index (χ1v) is 20.4. The van der Waals surface area contributed by atoms with E-state index in [-0.39, 0.29) is 86.6 Å². The molecule has 0 aliphatic carbocycles. The van der Waals surface area contributed by atoms with E-state index in [0.717, 1.165) is 12.5 Å². The highest BCUT2D eigenvalue weighted by Crippen LogP contribution is 2.50. The van der Waals surface area contributed by atoms with Crippen molar-refractivity contribution in [3.8, 4) is 23.0 Å². The lowest BCUT2D eigenvalue weighted by atomic mass is 9.95. The number of carbonyl (C=O) groups is 1. The number of carbonyl (C=O) groups excluding carboxylic acids is 1. The van der Waals surface area contributed by atoms with E-state index in [0.29, 0.717) is 31.9 Å². The summed E-state index contributed by atoms with van der Waals surface area (Å²) in [5.74, 6) is -2.68. The molecule has 4 aliphatic rings. The SMILES string of the molecule is CCOP(=O)(N=CC(C)C(=O)N1C2CCC1CN(c1nc(OC[C@@]34CCCN3C[C@H](F)C4)nc3c(F)c(-c4cc(O)cc(Cl)c4C(F)(F)F)ncc13)C2)OCC. The number of benzene rings is 1. The van der Waals surface area contributed by atoms with Crippen LogP contribution in [0.4, 0.5) is 27.8 Å². The van der Waals surface area contributed by atoms with E-state index in [4.69, 9.17) is 25.4 Å². The third-order valence-corrected chi connectivity index (χ3v) is 12.8. The van der Waals surface area contributed by atoms with E-state index in [1.807, 2.05) is 9.80 Å². The fourth-order valence-corrected chi connectivity index (χ4v) is 10.1. The quantitative estimate of drug-likeness (QED) is 0.112. The van der Waals surface area contributed by atoms with Crippen molar-refractivity contribution in [3.05, 3.63) is 34.7 Å². The minimum absolute atomic E-state index is 0.00477. The molecule has 7 rings (SSSR count). The van der Waals surface area contributed by atoms with Crippen LogP contribution in [0, 0.1) is 11.7 Å². The number of alkyl halides is 4. The number of amides is 1. The summed E-state index contributed by atoms with van der Waals surface area (Å²) in [6, 6.07) is 0.551. The fraction of sp³-hybridized carbons (Fsp3) is 0.583. The van der Waals surface area contributed by atoms with E-state index < -0.39 is 65.0 Å². The Morgan fingerprint density at radius 1 is 1.16 bits per heavy atom. The summed E-state index contributed by atoms with van der Waals surface area (Å²) < 4.78 is 107. The lowest BCUT2D eigenvalue weighted by Gasteiger charge is -2.42. The highest BCUT2D eigenvalue weighted by atomic mass is 35.5. The number of hydrogen-bond donors (Lipinski definition) is 1. The number of aromatic nitrogens is 3. The zero-order valence-corrected chi connectivity index (χ0v) is 32.6. The summed E-state index contributed by atoms with van der Waals surface area (Å²) in [6.45, 7) is 6.61. The first kappa shape index (κ1) is 40.5. The van der Waals surface area contributed by atoms with Crippen LogP contribution in [0.3, 0.4) is 0 Å². The van der Waals surface area contributed by atoms with Crippen LogP contribution in [0.15, 0.2) is 23.1 Å². The number of ether oxygens (including phenoxy) is 1. The van der Waals surface area contributed by atoms with Crippen LogP contribution in [-0.2, 0) is 24.6 Å². The topological polar surface area (TPSA) is 143 Å². The van der Waals surface area contributed by atoms with Crippen molar-refractivity contribution in [2.24, 2.45) is 10.7 Å². The van der Waals surface area contributed by atoms with Gasteiger partial charge in [-0.25, -0.2) is 13.3 Å². The number of anilines is 1. The summed E-state index contributed by atoms with van der Waals surface area (Å²) in [6.07, 6.45) is -0.600. The molecular formula is C36H42ClF5N7O6P. The Morgan fingerprint density at radius 3 is 2.52 bits per heavy atom. The molecule has 20 heteroatoms. The van der Waals surface area contributed by atoms with Gasteiger partial charge in [-0.1, -0.05) is 11.6 Å². The second-order valence-electron chi connectivity index (χ2n) is 14.6. The standard InChI is InChI=1S/C36H42ClF5N7O6P/c1-4-54-56(52,55-5-2)44-14-20(3)33(51)49-22-7-8-23(49)18-47(17-22)32-26-15-43-30(25-11-24(50)12-27(37)28(25)36(40,41)42)29(39)31(26)45-34(46-32)53-19-35-9-6-10-48(35)16-21(38)13-35/h11-12,14-15,20-23,50H,4-10,13,16-19H2,1-3H3/t20?,21-,22?,23?,35+/m1/s1. The average Bonchev–Trinajstić information content (AvgIpc) is 3.75. The highest BCUT2D eigenvalue weighted by Gasteiger charge is 2.50. The van der Waals surface area contributed by atoms with Crippen LogP contribution in [0.25, 0.3) is 22.2 Å². The molecule has 6 heterocycles. The Morgan fingerprint density at radius 2 is 1.86 bits per heavy atom. The van der Waals surface area contributed by atoms with Crippen molar-refractivity contribution < 1.29 is 50.2 Å². The van der Waals surface area contributed by atoms with Crippen molar-refractivity contribution in [1.82, 2.24) is 24.8 Å². The maximum Gasteiger partial charge on any atom is 0.453 e. The third kappa shape index (κ3) is 7.66. The predicted octanol–water partition coefficient (Wildman–Crippen LogP) is 7.23. The van der Waals surface area contributed by atoms with Gasteiger partial charge in [0, 0.05) is 56.1 Å². The molecule has 1 amide bonds. The average molecular weight is 830 g/mol. The third-order valence-electron chi connectivity index (χ3n) is 10.9. The van der Waals surface area contributed by atoms with Gasteiger partial charge in [-0.2, -0.15) is 27.9 Å². The van der Waals surface area contributed by atoms with Crippen LogP contribution >= 0.6 is 19.3 Å². The van der Waals surface area contributed by atoms with E-state index in [9.17, 15) is 32.0 Å². The molecule has 13 nitrogen and oxygen atoms in total. The molecule has 304 valence electrons. The molecule has 56 heavy (non-hydrogen) atoms. The number of pyridine rings is 1. The van der Waals surface area contributed by atoms with E-state index in [1.54, 1.807) is 25.7 Å². The first-order valence-electron chi connectivity index (χ1n) is 18.6. The first-order chi connectivity index (χ1) is 26.6. The van der Waals surface area contributed by atoms with Gasteiger partial charge >= 0.3 is 19.9 Å². The van der Waals surface area contributed by atoms with Crippen LogP contribution < -0.4 is 9.64 Å². The van der Waals surface area contributed by atoms with Crippen molar-refractivity contribution in [2.75, 3.05) is 50.9 Å². The van der Waals surface area contributed by atoms with Gasteiger partial charge in [-0.3, -0.25) is 23.7 Å². The second kappa shape index (κ2) is 15.6. The molecule has 2 bridgehead atoms. The van der Waals surface area contributed by atoms with E-state index in [1.165, 1.54) is 12.4 Å². The number of fused-ring (bicyclic) bond motifs is 4. The summed E-state index contributed by atoms with van der Waals surface area (Å²) in [5.41, 5.74) is -3.91. The largest absolute Gasteiger partial charge is 0.508 e. The van der Waals surface area contributed by atoms with Gasteiger partial charge in [0.15, 0.2) is 5.82 Å². The molecule has 1 aromatic carbocycles. The van der Waals surface area contributed by atoms with E-state index >= 15 is 4.39 Å². The van der Waals surface area contributed by atoms with Gasteiger partial charge in [0.2, 0.25) is 5.91 Å².